The van der Waals surface area contributed by atoms with E-state index in [1.54, 1.807) is 0 Å². The number of rotatable bonds is 3. The lowest BCUT2D eigenvalue weighted by molar-refractivity contribution is 0.670. The molecule has 0 radical (unpaired) electrons. The smallest absolute Gasteiger partial charge is 0.143 e. The summed E-state index contributed by atoms with van der Waals surface area (Å²) in [5.74, 6) is 0. The summed E-state index contributed by atoms with van der Waals surface area (Å²) in [6.07, 6.45) is 0. The number of furan rings is 1. The zero-order valence-corrected chi connectivity index (χ0v) is 22.3. The Balaban J connectivity index is 1.26. The van der Waals surface area contributed by atoms with E-state index in [4.69, 9.17) is 4.42 Å². The number of hydrogen-bond donors (Lipinski definition) is 0. The highest BCUT2D eigenvalue weighted by atomic mass is 16.3. The van der Waals surface area contributed by atoms with E-state index in [2.05, 4.69) is 140 Å². The molecule has 1 nitrogen and oxygen atoms in total. The van der Waals surface area contributed by atoms with Crippen LogP contribution < -0.4 is 0 Å². The normalized spacial score (nSPS) is 11.9. The van der Waals surface area contributed by atoms with Crippen LogP contribution in [0.2, 0.25) is 0 Å². The van der Waals surface area contributed by atoms with Crippen molar-refractivity contribution >= 4 is 54.3 Å². The van der Waals surface area contributed by atoms with E-state index in [1.807, 2.05) is 6.07 Å². The van der Waals surface area contributed by atoms with Crippen molar-refractivity contribution in [1.82, 2.24) is 0 Å². The predicted molar refractivity (Wildman–Crippen MR) is 174 cm³/mol. The Bertz CT molecular complexity index is 2380. The molecule has 0 aliphatic heterocycles. The van der Waals surface area contributed by atoms with Crippen LogP contribution in [0.4, 0.5) is 0 Å². The van der Waals surface area contributed by atoms with Crippen LogP contribution in [0.5, 0.6) is 0 Å². The number of hydrogen-bond acceptors (Lipinski definition) is 1. The molecule has 0 aliphatic carbocycles. The molecule has 0 saturated heterocycles. The maximum absolute atomic E-state index is 6.46. The molecule has 0 aliphatic rings. The SMILES string of the molecule is c1ccc(-c2cc3ccc4ccc(-c5ccc6oc7c(-c8ccccc8)cccc7c6c5)c5ccc(c2)c3c45)cc1. The first-order chi connectivity index (χ1) is 20.3. The third-order valence-corrected chi connectivity index (χ3v) is 8.60. The van der Waals surface area contributed by atoms with E-state index in [0.717, 1.165) is 27.5 Å². The van der Waals surface area contributed by atoms with Crippen molar-refractivity contribution in [2.45, 2.75) is 0 Å². The molecule has 0 spiro atoms. The van der Waals surface area contributed by atoms with E-state index in [1.165, 1.54) is 60.1 Å². The fourth-order valence-electron chi connectivity index (χ4n) is 6.68. The number of fused-ring (bicyclic) bond motifs is 3. The van der Waals surface area contributed by atoms with E-state index >= 15 is 0 Å². The van der Waals surface area contributed by atoms with Gasteiger partial charge in [0, 0.05) is 16.3 Å². The monoisotopic (exact) mass is 520 g/mol. The van der Waals surface area contributed by atoms with Gasteiger partial charge in [-0.15, -0.1) is 0 Å². The van der Waals surface area contributed by atoms with Crippen molar-refractivity contribution in [3.8, 4) is 33.4 Å². The summed E-state index contributed by atoms with van der Waals surface area (Å²) in [4.78, 5) is 0. The lowest BCUT2D eigenvalue weighted by atomic mass is 9.88. The molecule has 0 N–H and O–H groups in total. The summed E-state index contributed by atoms with van der Waals surface area (Å²) in [5.41, 5.74) is 9.09. The van der Waals surface area contributed by atoms with Gasteiger partial charge in [-0.05, 0) is 84.4 Å². The molecule has 0 amide bonds. The first kappa shape index (κ1) is 22.4. The largest absolute Gasteiger partial charge is 0.455 e. The van der Waals surface area contributed by atoms with Gasteiger partial charge in [0.2, 0.25) is 0 Å². The Morgan fingerprint density at radius 3 is 1.85 bits per heavy atom. The van der Waals surface area contributed by atoms with Gasteiger partial charge in [-0.3, -0.25) is 0 Å². The van der Waals surface area contributed by atoms with Crippen LogP contribution in [0, 0.1) is 0 Å². The topological polar surface area (TPSA) is 13.1 Å². The lowest BCUT2D eigenvalue weighted by Crippen LogP contribution is -1.88. The van der Waals surface area contributed by atoms with Crippen LogP contribution in [-0.2, 0) is 0 Å². The summed E-state index contributed by atoms with van der Waals surface area (Å²) in [6, 6.07) is 52.5. The Labute approximate surface area is 237 Å². The predicted octanol–water partition coefficient (Wildman–Crippen LogP) is 11.5. The van der Waals surface area contributed by atoms with Crippen molar-refractivity contribution < 1.29 is 4.42 Å². The summed E-state index contributed by atoms with van der Waals surface area (Å²) < 4.78 is 6.46. The van der Waals surface area contributed by atoms with E-state index in [-0.39, 0.29) is 0 Å². The highest BCUT2D eigenvalue weighted by Gasteiger charge is 2.16. The van der Waals surface area contributed by atoms with Crippen molar-refractivity contribution in [2.24, 2.45) is 0 Å². The fourth-order valence-corrected chi connectivity index (χ4v) is 6.68. The molecule has 1 aromatic heterocycles. The minimum Gasteiger partial charge on any atom is -0.455 e. The molecular weight excluding hydrogens is 496 g/mol. The maximum Gasteiger partial charge on any atom is 0.143 e. The summed E-state index contributed by atoms with van der Waals surface area (Å²) in [7, 11) is 0. The zero-order chi connectivity index (χ0) is 26.9. The van der Waals surface area contributed by atoms with Crippen LogP contribution in [0.15, 0.2) is 150 Å². The van der Waals surface area contributed by atoms with Crippen LogP contribution in [0.25, 0.3) is 87.6 Å². The Hall–Kier alpha value is -5.40. The van der Waals surface area contributed by atoms with Crippen LogP contribution in [-0.4, -0.2) is 0 Å². The van der Waals surface area contributed by atoms with Crippen LogP contribution in [0.1, 0.15) is 0 Å². The molecule has 1 heterocycles. The first-order valence-electron chi connectivity index (χ1n) is 14.1. The van der Waals surface area contributed by atoms with Gasteiger partial charge >= 0.3 is 0 Å². The Morgan fingerprint density at radius 1 is 0.341 bits per heavy atom. The molecule has 0 atom stereocenters. The molecule has 190 valence electrons. The molecule has 0 bridgehead atoms. The maximum atomic E-state index is 6.46. The van der Waals surface area contributed by atoms with Gasteiger partial charge in [0.25, 0.3) is 0 Å². The number of benzene rings is 8. The summed E-state index contributed by atoms with van der Waals surface area (Å²) >= 11 is 0. The van der Waals surface area contributed by atoms with Crippen molar-refractivity contribution in [1.29, 1.82) is 0 Å². The fraction of sp³-hybridized carbons (Fsp3) is 0. The minimum atomic E-state index is 0.915. The van der Waals surface area contributed by atoms with Gasteiger partial charge < -0.3 is 4.42 Å². The molecule has 0 fully saturated rings. The quantitative estimate of drug-likeness (QED) is 0.211. The third kappa shape index (κ3) is 3.36. The third-order valence-electron chi connectivity index (χ3n) is 8.60. The van der Waals surface area contributed by atoms with Crippen LogP contribution >= 0.6 is 0 Å². The minimum absolute atomic E-state index is 0.915. The zero-order valence-electron chi connectivity index (χ0n) is 22.3. The van der Waals surface area contributed by atoms with Crippen molar-refractivity contribution in [2.75, 3.05) is 0 Å². The van der Waals surface area contributed by atoms with Crippen molar-refractivity contribution in [3.05, 3.63) is 146 Å². The highest BCUT2D eigenvalue weighted by Crippen LogP contribution is 2.43. The van der Waals surface area contributed by atoms with Gasteiger partial charge in [-0.25, -0.2) is 0 Å². The number of para-hydroxylation sites is 1. The van der Waals surface area contributed by atoms with Gasteiger partial charge in [0.1, 0.15) is 11.2 Å². The van der Waals surface area contributed by atoms with Crippen molar-refractivity contribution in [3.63, 3.8) is 0 Å². The molecule has 9 aromatic rings. The Kier molecular flexibility index (Phi) is 4.67. The van der Waals surface area contributed by atoms with E-state index in [9.17, 15) is 0 Å². The van der Waals surface area contributed by atoms with E-state index in [0.29, 0.717) is 0 Å². The summed E-state index contributed by atoms with van der Waals surface area (Å²) in [6.45, 7) is 0. The Morgan fingerprint density at radius 2 is 1.05 bits per heavy atom. The second-order valence-electron chi connectivity index (χ2n) is 10.9. The molecule has 9 rings (SSSR count). The molecule has 8 aromatic carbocycles. The molecule has 0 unspecified atom stereocenters. The molecule has 1 heteroatoms. The van der Waals surface area contributed by atoms with Gasteiger partial charge in [-0.1, -0.05) is 121 Å². The highest BCUT2D eigenvalue weighted by molar-refractivity contribution is 6.26. The second kappa shape index (κ2) is 8.55. The molecule has 41 heavy (non-hydrogen) atoms. The first-order valence-corrected chi connectivity index (χ1v) is 14.1. The van der Waals surface area contributed by atoms with Gasteiger partial charge in [0.15, 0.2) is 0 Å². The molecule has 0 saturated carbocycles. The summed E-state index contributed by atoms with van der Waals surface area (Å²) in [5, 5.41) is 10.1. The van der Waals surface area contributed by atoms with Crippen LogP contribution in [0.3, 0.4) is 0 Å². The standard InChI is InChI=1S/C40H24O/c1-3-8-25(9-4-1)31-22-29-15-14-27-16-19-32(34-20-17-30(23-31)38(29)39(27)34)28-18-21-37-36(24-28)35-13-7-12-33(40(35)41-37)26-10-5-2-6-11-26/h1-24H. The second-order valence-corrected chi connectivity index (χ2v) is 10.9. The average molecular weight is 521 g/mol. The van der Waals surface area contributed by atoms with Gasteiger partial charge in [-0.2, -0.15) is 0 Å². The van der Waals surface area contributed by atoms with E-state index < -0.39 is 0 Å². The average Bonchev–Trinajstić information content (AvgIpc) is 3.42. The lowest BCUT2D eigenvalue weighted by Gasteiger charge is -2.15. The van der Waals surface area contributed by atoms with Gasteiger partial charge in [0.05, 0.1) is 0 Å². The molecular formula is C40H24O.